The molecular weight excluding hydrogens is 220 g/mol. The van der Waals surface area contributed by atoms with Crippen LogP contribution >= 0.6 is 0 Å². The van der Waals surface area contributed by atoms with E-state index in [9.17, 15) is 0 Å². The van der Waals surface area contributed by atoms with Gasteiger partial charge in [-0.05, 0) is 64.2 Å². The maximum atomic E-state index is 3.48. The van der Waals surface area contributed by atoms with Gasteiger partial charge in [0.15, 0.2) is 0 Å². The molecule has 0 aromatic carbocycles. The Morgan fingerprint density at radius 2 is 1.78 bits per heavy atom. The summed E-state index contributed by atoms with van der Waals surface area (Å²) in [6.45, 7) is 10.9. The Labute approximate surface area is 115 Å². The van der Waals surface area contributed by atoms with Gasteiger partial charge in [-0.25, -0.2) is 0 Å². The molecule has 1 aliphatic carbocycles. The van der Waals surface area contributed by atoms with Crippen LogP contribution in [0.1, 0.15) is 65.2 Å². The van der Waals surface area contributed by atoms with Gasteiger partial charge >= 0.3 is 0 Å². The topological polar surface area (TPSA) is 15.3 Å². The summed E-state index contributed by atoms with van der Waals surface area (Å²) in [7, 11) is 0. The van der Waals surface area contributed by atoms with Crippen LogP contribution in [0.3, 0.4) is 0 Å². The van der Waals surface area contributed by atoms with Crippen LogP contribution in [-0.2, 0) is 0 Å². The first kappa shape index (κ1) is 16.0. The Kier molecular flexibility index (Phi) is 9.59. The first-order valence-corrected chi connectivity index (χ1v) is 8.29. The third kappa shape index (κ3) is 7.38. The summed E-state index contributed by atoms with van der Waals surface area (Å²) in [5.41, 5.74) is 0. The molecule has 2 heteroatoms. The Hall–Kier alpha value is -0.0800. The van der Waals surface area contributed by atoms with E-state index in [1.165, 1.54) is 84.1 Å². The van der Waals surface area contributed by atoms with Crippen molar-refractivity contribution in [1.29, 1.82) is 0 Å². The van der Waals surface area contributed by atoms with Gasteiger partial charge in [-0.2, -0.15) is 0 Å². The molecule has 108 valence electrons. The van der Waals surface area contributed by atoms with E-state index in [2.05, 4.69) is 24.1 Å². The fourth-order valence-corrected chi connectivity index (χ4v) is 2.66. The van der Waals surface area contributed by atoms with Crippen molar-refractivity contribution in [2.24, 2.45) is 5.92 Å². The van der Waals surface area contributed by atoms with Gasteiger partial charge in [0, 0.05) is 6.54 Å². The van der Waals surface area contributed by atoms with Crippen molar-refractivity contribution < 1.29 is 0 Å². The highest BCUT2D eigenvalue weighted by Crippen LogP contribution is 2.27. The molecule has 18 heavy (non-hydrogen) atoms. The average Bonchev–Trinajstić information content (AvgIpc) is 2.34. The van der Waals surface area contributed by atoms with Gasteiger partial charge in [0.05, 0.1) is 0 Å². The highest BCUT2D eigenvalue weighted by Gasteiger charge is 2.19. The Bertz CT molecular complexity index is 178. The monoisotopic (exact) mass is 254 g/mol. The summed E-state index contributed by atoms with van der Waals surface area (Å²) < 4.78 is 0. The molecule has 0 radical (unpaired) electrons. The molecule has 0 atom stereocenters. The maximum absolute atomic E-state index is 3.48. The second-order valence-corrected chi connectivity index (χ2v) is 5.85. The second kappa shape index (κ2) is 10.8. The van der Waals surface area contributed by atoms with Gasteiger partial charge in [-0.1, -0.05) is 33.1 Å². The molecule has 1 fully saturated rings. The lowest BCUT2D eigenvalue weighted by molar-refractivity contribution is 0.181. The molecule has 0 saturated heterocycles. The summed E-state index contributed by atoms with van der Waals surface area (Å²) >= 11 is 0. The van der Waals surface area contributed by atoms with E-state index >= 15 is 0 Å². The van der Waals surface area contributed by atoms with E-state index < -0.39 is 0 Å². The van der Waals surface area contributed by atoms with Crippen LogP contribution in [0.5, 0.6) is 0 Å². The molecule has 0 aliphatic heterocycles. The highest BCUT2D eigenvalue weighted by atomic mass is 15.1. The molecule has 0 aromatic rings. The summed E-state index contributed by atoms with van der Waals surface area (Å²) in [6.07, 6.45) is 11.3. The normalized spacial score (nSPS) is 16.2. The van der Waals surface area contributed by atoms with Gasteiger partial charge < -0.3 is 10.2 Å². The van der Waals surface area contributed by atoms with Crippen LogP contribution in [0.25, 0.3) is 0 Å². The molecule has 0 unspecified atom stereocenters. The van der Waals surface area contributed by atoms with Gasteiger partial charge in [0.25, 0.3) is 0 Å². The fourth-order valence-electron chi connectivity index (χ4n) is 2.66. The van der Waals surface area contributed by atoms with E-state index in [0.29, 0.717) is 0 Å². The van der Waals surface area contributed by atoms with E-state index in [0.717, 1.165) is 5.92 Å². The molecule has 1 N–H and O–H groups in total. The van der Waals surface area contributed by atoms with Crippen LogP contribution in [0.4, 0.5) is 0 Å². The molecule has 1 rings (SSSR count). The molecule has 0 spiro atoms. The second-order valence-electron chi connectivity index (χ2n) is 5.85. The van der Waals surface area contributed by atoms with Crippen molar-refractivity contribution >= 4 is 0 Å². The quantitative estimate of drug-likeness (QED) is 0.535. The molecule has 0 aromatic heterocycles. The first-order chi connectivity index (χ1) is 8.86. The van der Waals surface area contributed by atoms with Crippen molar-refractivity contribution in [1.82, 2.24) is 10.2 Å². The van der Waals surface area contributed by atoms with Crippen molar-refractivity contribution in [3.05, 3.63) is 0 Å². The average molecular weight is 254 g/mol. The lowest BCUT2D eigenvalue weighted by Crippen LogP contribution is -2.33. The summed E-state index contributed by atoms with van der Waals surface area (Å²) in [5.74, 6) is 1.03. The molecule has 2 nitrogen and oxygen atoms in total. The van der Waals surface area contributed by atoms with Gasteiger partial charge in [0.1, 0.15) is 0 Å². The summed E-state index contributed by atoms with van der Waals surface area (Å²) in [5, 5.41) is 3.48. The van der Waals surface area contributed by atoms with Crippen LogP contribution in [0.15, 0.2) is 0 Å². The minimum absolute atomic E-state index is 1.03. The molecule has 0 bridgehead atoms. The van der Waals surface area contributed by atoms with E-state index in [4.69, 9.17) is 0 Å². The standard InChI is InChI=1S/C16H34N2/c1-3-12-17-13-7-5-6-8-14-18(4-2)15-16-10-9-11-16/h16-17H,3-15H2,1-2H3. The Balaban J connectivity index is 1.85. The summed E-state index contributed by atoms with van der Waals surface area (Å²) in [6, 6.07) is 0. The third-order valence-corrected chi connectivity index (χ3v) is 4.19. The van der Waals surface area contributed by atoms with Crippen LogP contribution < -0.4 is 5.32 Å². The Morgan fingerprint density at radius 3 is 2.39 bits per heavy atom. The van der Waals surface area contributed by atoms with Crippen molar-refractivity contribution in [3.8, 4) is 0 Å². The number of nitrogens with one attached hydrogen (secondary N) is 1. The van der Waals surface area contributed by atoms with Crippen molar-refractivity contribution in [3.63, 3.8) is 0 Å². The number of unbranched alkanes of at least 4 members (excludes halogenated alkanes) is 3. The zero-order valence-electron chi connectivity index (χ0n) is 12.7. The minimum Gasteiger partial charge on any atom is -0.317 e. The predicted octanol–water partition coefficient (Wildman–Crippen LogP) is 3.67. The fraction of sp³-hybridized carbons (Fsp3) is 1.00. The van der Waals surface area contributed by atoms with Crippen LogP contribution in [0.2, 0.25) is 0 Å². The number of hydrogen-bond acceptors (Lipinski definition) is 2. The first-order valence-electron chi connectivity index (χ1n) is 8.29. The van der Waals surface area contributed by atoms with Crippen molar-refractivity contribution in [2.45, 2.75) is 65.2 Å². The third-order valence-electron chi connectivity index (χ3n) is 4.19. The van der Waals surface area contributed by atoms with E-state index in [1.807, 2.05) is 0 Å². The molecule has 1 saturated carbocycles. The molecule has 0 amide bonds. The zero-order valence-corrected chi connectivity index (χ0v) is 12.7. The van der Waals surface area contributed by atoms with Gasteiger partial charge in [-0.15, -0.1) is 0 Å². The maximum Gasteiger partial charge on any atom is 0.000954 e. The lowest BCUT2D eigenvalue weighted by atomic mass is 9.85. The zero-order chi connectivity index (χ0) is 13.1. The number of nitrogens with zero attached hydrogens (tertiary/aromatic N) is 1. The van der Waals surface area contributed by atoms with Crippen LogP contribution in [-0.4, -0.2) is 37.6 Å². The van der Waals surface area contributed by atoms with E-state index in [-0.39, 0.29) is 0 Å². The SMILES string of the molecule is CCCNCCCCCCN(CC)CC1CCC1. The minimum atomic E-state index is 1.03. The van der Waals surface area contributed by atoms with E-state index in [1.54, 1.807) is 0 Å². The molecule has 1 aliphatic rings. The van der Waals surface area contributed by atoms with Crippen LogP contribution in [0, 0.1) is 5.92 Å². The smallest absolute Gasteiger partial charge is 0.000954 e. The Morgan fingerprint density at radius 1 is 1.00 bits per heavy atom. The largest absolute Gasteiger partial charge is 0.317 e. The lowest BCUT2D eigenvalue weighted by Gasteiger charge is -2.31. The number of rotatable bonds is 12. The predicted molar refractivity (Wildman–Crippen MR) is 81.1 cm³/mol. The van der Waals surface area contributed by atoms with Gasteiger partial charge in [0.2, 0.25) is 0 Å². The summed E-state index contributed by atoms with van der Waals surface area (Å²) in [4.78, 5) is 2.67. The molecular formula is C16H34N2. The number of hydrogen-bond donors (Lipinski definition) is 1. The highest BCUT2D eigenvalue weighted by molar-refractivity contribution is 4.73. The van der Waals surface area contributed by atoms with Crippen molar-refractivity contribution in [2.75, 3.05) is 32.7 Å². The molecule has 0 heterocycles. The van der Waals surface area contributed by atoms with Gasteiger partial charge in [-0.3, -0.25) is 0 Å².